The molecular formula is C21H17Cl2FN4O2. The largest absolute Gasteiger partial charge is 0.481 e. The van der Waals surface area contributed by atoms with Gasteiger partial charge in [-0.3, -0.25) is 9.48 Å². The van der Waals surface area contributed by atoms with Crippen LogP contribution < -0.4 is 0 Å². The second kappa shape index (κ2) is 7.74. The van der Waals surface area contributed by atoms with Crippen molar-refractivity contribution < 1.29 is 14.3 Å². The van der Waals surface area contributed by atoms with Gasteiger partial charge < -0.3 is 10.1 Å². The van der Waals surface area contributed by atoms with Gasteiger partial charge in [0.05, 0.1) is 29.2 Å². The highest BCUT2D eigenvalue weighted by Gasteiger charge is 2.16. The first-order valence-electron chi connectivity index (χ1n) is 9.11. The smallest absolute Gasteiger partial charge is 0.307 e. The number of nitrogens with one attached hydrogen (secondary N) is 1. The molecule has 154 valence electrons. The van der Waals surface area contributed by atoms with E-state index in [0.717, 1.165) is 0 Å². The molecule has 0 aliphatic carbocycles. The Morgan fingerprint density at radius 1 is 1.23 bits per heavy atom. The van der Waals surface area contributed by atoms with Crippen LogP contribution in [0, 0.1) is 19.7 Å². The molecule has 0 atom stereocenters. The minimum Gasteiger partial charge on any atom is -0.481 e. The fourth-order valence-electron chi connectivity index (χ4n) is 3.46. The molecule has 0 unspecified atom stereocenters. The minimum absolute atomic E-state index is 0.113. The van der Waals surface area contributed by atoms with Crippen LogP contribution in [0.25, 0.3) is 22.4 Å². The number of H-pyrrole nitrogens is 1. The van der Waals surface area contributed by atoms with Crippen molar-refractivity contribution in [1.29, 1.82) is 0 Å². The highest BCUT2D eigenvalue weighted by molar-refractivity contribution is 6.38. The van der Waals surface area contributed by atoms with E-state index in [4.69, 9.17) is 28.3 Å². The maximum atomic E-state index is 14.8. The van der Waals surface area contributed by atoms with Crippen molar-refractivity contribution in [2.75, 3.05) is 0 Å². The molecule has 2 aromatic carbocycles. The van der Waals surface area contributed by atoms with E-state index in [1.165, 1.54) is 6.07 Å². The molecule has 0 amide bonds. The van der Waals surface area contributed by atoms with Crippen LogP contribution in [0.15, 0.2) is 30.3 Å². The highest BCUT2D eigenvalue weighted by atomic mass is 35.5. The number of rotatable bonds is 5. The van der Waals surface area contributed by atoms with Gasteiger partial charge in [0.2, 0.25) is 0 Å². The van der Waals surface area contributed by atoms with E-state index in [2.05, 4.69) is 15.1 Å². The van der Waals surface area contributed by atoms with Gasteiger partial charge >= 0.3 is 5.97 Å². The first-order chi connectivity index (χ1) is 14.2. The van der Waals surface area contributed by atoms with Crippen LogP contribution in [-0.4, -0.2) is 30.8 Å². The average molecular weight is 447 g/mol. The lowest BCUT2D eigenvalue weighted by molar-refractivity contribution is -0.136. The fourth-order valence-corrected chi connectivity index (χ4v) is 3.99. The summed E-state index contributed by atoms with van der Waals surface area (Å²) in [7, 11) is 0. The van der Waals surface area contributed by atoms with Gasteiger partial charge in [0.25, 0.3) is 0 Å². The second-order valence-corrected chi connectivity index (χ2v) is 7.90. The summed E-state index contributed by atoms with van der Waals surface area (Å²) in [6.45, 7) is 3.73. The Hall–Kier alpha value is -2.90. The zero-order valence-corrected chi connectivity index (χ0v) is 17.6. The van der Waals surface area contributed by atoms with E-state index >= 15 is 0 Å². The van der Waals surface area contributed by atoms with Gasteiger partial charge in [-0.25, -0.2) is 9.37 Å². The maximum Gasteiger partial charge on any atom is 0.307 e. The Morgan fingerprint density at radius 2 is 2.00 bits per heavy atom. The third kappa shape index (κ3) is 3.78. The predicted molar refractivity (Wildman–Crippen MR) is 114 cm³/mol. The molecule has 30 heavy (non-hydrogen) atoms. The van der Waals surface area contributed by atoms with Crippen molar-refractivity contribution >= 4 is 40.2 Å². The van der Waals surface area contributed by atoms with Crippen LogP contribution in [0.4, 0.5) is 4.39 Å². The van der Waals surface area contributed by atoms with E-state index in [9.17, 15) is 9.18 Å². The van der Waals surface area contributed by atoms with Crippen LogP contribution in [-0.2, 0) is 17.8 Å². The number of carbonyl (C=O) groups is 1. The molecule has 0 saturated carbocycles. The van der Waals surface area contributed by atoms with Crippen LogP contribution in [0.1, 0.15) is 22.5 Å². The summed E-state index contributed by atoms with van der Waals surface area (Å²) in [6, 6.07) is 8.13. The quantitative estimate of drug-likeness (QED) is 0.443. The lowest BCUT2D eigenvalue weighted by Gasteiger charge is -2.08. The Labute approximate surface area is 181 Å². The Balaban J connectivity index is 1.65. The van der Waals surface area contributed by atoms with Gasteiger partial charge in [0, 0.05) is 27.4 Å². The lowest BCUT2D eigenvalue weighted by Crippen LogP contribution is -2.07. The molecule has 6 nitrogen and oxygen atoms in total. The topological polar surface area (TPSA) is 83.8 Å². The summed E-state index contributed by atoms with van der Waals surface area (Å²) in [6.07, 6.45) is -0.113. The van der Waals surface area contributed by atoms with Crippen molar-refractivity contribution in [3.05, 3.63) is 68.7 Å². The van der Waals surface area contributed by atoms with Crippen molar-refractivity contribution in [3.8, 4) is 11.4 Å². The zero-order chi connectivity index (χ0) is 21.6. The number of aryl methyl sites for hydroxylation is 1. The number of fused-ring (bicyclic) bond motifs is 1. The molecule has 0 aliphatic heterocycles. The summed E-state index contributed by atoms with van der Waals surface area (Å²) in [5.74, 6) is -0.859. The molecule has 2 aromatic heterocycles. The van der Waals surface area contributed by atoms with E-state index in [-0.39, 0.29) is 13.0 Å². The number of halogens is 3. The number of hydrogen-bond donors (Lipinski definition) is 2. The van der Waals surface area contributed by atoms with Crippen LogP contribution in [0.2, 0.25) is 10.0 Å². The van der Waals surface area contributed by atoms with Gasteiger partial charge in [-0.05, 0) is 32.0 Å². The number of hydrogen-bond acceptors (Lipinski definition) is 3. The number of imidazole rings is 1. The van der Waals surface area contributed by atoms with E-state index in [1.54, 1.807) is 42.8 Å². The predicted octanol–water partition coefficient (Wildman–Crippen LogP) is 5.16. The molecule has 0 spiro atoms. The monoisotopic (exact) mass is 446 g/mol. The average Bonchev–Trinajstić information content (AvgIpc) is 3.20. The number of benzene rings is 2. The minimum atomic E-state index is -0.927. The molecule has 4 aromatic rings. The SMILES string of the molecule is Cc1nn(Cc2ccc(-c3nc4c(Cl)cc(Cl)cc4[nH]3)cc2F)c(C)c1CC(=O)O. The Kier molecular flexibility index (Phi) is 5.26. The number of aromatic nitrogens is 4. The van der Waals surface area contributed by atoms with Crippen molar-refractivity contribution in [2.24, 2.45) is 0 Å². The summed E-state index contributed by atoms with van der Waals surface area (Å²) in [5, 5.41) is 14.3. The summed E-state index contributed by atoms with van der Waals surface area (Å²) in [5.41, 5.74) is 4.22. The van der Waals surface area contributed by atoms with Crippen molar-refractivity contribution in [3.63, 3.8) is 0 Å². The van der Waals surface area contributed by atoms with Crippen molar-refractivity contribution in [2.45, 2.75) is 26.8 Å². The fraction of sp³-hybridized carbons (Fsp3) is 0.190. The van der Waals surface area contributed by atoms with Crippen LogP contribution >= 0.6 is 23.2 Å². The number of aromatic amines is 1. The maximum absolute atomic E-state index is 14.8. The third-order valence-corrected chi connectivity index (χ3v) is 5.52. The molecule has 9 heteroatoms. The lowest BCUT2D eigenvalue weighted by atomic mass is 10.1. The normalized spacial score (nSPS) is 11.4. The molecule has 4 rings (SSSR count). The van der Waals surface area contributed by atoms with Gasteiger partial charge in [-0.15, -0.1) is 0 Å². The third-order valence-electron chi connectivity index (χ3n) is 5.01. The summed E-state index contributed by atoms with van der Waals surface area (Å²) < 4.78 is 16.5. The van der Waals surface area contributed by atoms with Crippen molar-refractivity contribution in [1.82, 2.24) is 19.7 Å². The summed E-state index contributed by atoms with van der Waals surface area (Å²) in [4.78, 5) is 18.6. The van der Waals surface area contributed by atoms with E-state index < -0.39 is 11.8 Å². The van der Waals surface area contributed by atoms with E-state index in [0.29, 0.717) is 55.0 Å². The van der Waals surface area contributed by atoms with Crippen LogP contribution in [0.3, 0.4) is 0 Å². The molecule has 2 heterocycles. The number of aliphatic carboxylic acids is 1. The number of nitrogens with zero attached hydrogens (tertiary/aromatic N) is 3. The first-order valence-corrected chi connectivity index (χ1v) is 9.86. The summed E-state index contributed by atoms with van der Waals surface area (Å²) >= 11 is 12.2. The number of carboxylic acids is 1. The van der Waals surface area contributed by atoms with Gasteiger partial charge in [0.1, 0.15) is 17.2 Å². The molecule has 0 saturated heterocycles. The second-order valence-electron chi connectivity index (χ2n) is 7.05. The van der Waals surface area contributed by atoms with Gasteiger partial charge in [-0.2, -0.15) is 5.10 Å². The highest BCUT2D eigenvalue weighted by Crippen LogP contribution is 2.29. The molecule has 0 aliphatic rings. The molecule has 2 N–H and O–H groups in total. The molecule has 0 bridgehead atoms. The Morgan fingerprint density at radius 3 is 2.70 bits per heavy atom. The zero-order valence-electron chi connectivity index (χ0n) is 16.1. The van der Waals surface area contributed by atoms with Gasteiger partial charge in [0.15, 0.2) is 0 Å². The standard InChI is InChI=1S/C21H17Cl2FN4O2/c1-10-15(8-19(29)30)11(2)28(27-10)9-13-4-3-12(5-17(13)24)21-25-18-7-14(22)6-16(23)20(18)26-21/h3-7H,8-9H2,1-2H3,(H,25,26)(H,29,30). The molecule has 0 fully saturated rings. The van der Waals surface area contributed by atoms with Gasteiger partial charge in [-0.1, -0.05) is 35.3 Å². The first kappa shape index (κ1) is 20.4. The van der Waals surface area contributed by atoms with E-state index in [1.807, 2.05) is 0 Å². The van der Waals surface area contributed by atoms with Crippen LogP contribution in [0.5, 0.6) is 0 Å². The molecule has 0 radical (unpaired) electrons. The molecular weight excluding hydrogens is 430 g/mol. The Bertz CT molecular complexity index is 1300. The number of carboxylic acid groups (broad SMARTS) is 1.